The Morgan fingerprint density at radius 3 is 2.54 bits per heavy atom. The fourth-order valence-corrected chi connectivity index (χ4v) is 2.42. The molecule has 1 aliphatic heterocycles. The topological polar surface area (TPSA) is 73.9 Å². The van der Waals surface area contributed by atoms with Gasteiger partial charge in [-0.3, -0.25) is 0 Å². The molecule has 1 aromatic rings. The van der Waals surface area contributed by atoms with Crippen LogP contribution in [-0.4, -0.2) is 43.0 Å². The molecule has 0 saturated carbocycles. The van der Waals surface area contributed by atoms with Gasteiger partial charge in [0.15, 0.2) is 5.54 Å². The predicted molar refractivity (Wildman–Crippen MR) is 88.6 cm³/mol. The summed E-state index contributed by atoms with van der Waals surface area (Å²) in [6, 6.07) is 9.76. The molecule has 1 saturated heterocycles. The van der Waals surface area contributed by atoms with Crippen LogP contribution in [0.3, 0.4) is 0 Å². The van der Waals surface area contributed by atoms with E-state index in [9.17, 15) is 9.59 Å². The van der Waals surface area contributed by atoms with E-state index in [0.717, 1.165) is 5.56 Å². The number of benzene rings is 1. The van der Waals surface area contributed by atoms with Crippen LogP contribution in [0.5, 0.6) is 0 Å². The van der Waals surface area contributed by atoms with Crippen molar-refractivity contribution in [3.05, 3.63) is 35.9 Å². The van der Waals surface area contributed by atoms with Crippen molar-refractivity contribution in [3.8, 4) is 0 Å². The Labute approximate surface area is 142 Å². The second-order valence-electron chi connectivity index (χ2n) is 6.88. The standard InChI is InChI=1S/C18H25NO5/c1-17(2,3)24-16(21)19-18(10-12-22-13-18)15(20)23-11-9-14-7-5-4-6-8-14/h4-8H,9-13H2,1-3H3,(H,19,21). The molecule has 1 atom stereocenters. The Morgan fingerprint density at radius 2 is 1.96 bits per heavy atom. The average Bonchev–Trinajstić information content (AvgIpc) is 2.96. The minimum Gasteiger partial charge on any atom is -0.464 e. The molecule has 0 radical (unpaired) electrons. The molecule has 1 aromatic carbocycles. The summed E-state index contributed by atoms with van der Waals surface area (Å²) in [4.78, 5) is 24.5. The minimum absolute atomic E-state index is 0.0937. The lowest BCUT2D eigenvalue weighted by Gasteiger charge is -2.28. The van der Waals surface area contributed by atoms with E-state index in [0.29, 0.717) is 19.4 Å². The van der Waals surface area contributed by atoms with Crippen molar-refractivity contribution in [2.75, 3.05) is 19.8 Å². The molecule has 2 rings (SSSR count). The van der Waals surface area contributed by atoms with Gasteiger partial charge >= 0.3 is 12.1 Å². The Balaban J connectivity index is 1.91. The largest absolute Gasteiger partial charge is 0.464 e. The molecule has 1 unspecified atom stereocenters. The second kappa shape index (κ2) is 7.66. The molecule has 24 heavy (non-hydrogen) atoms. The van der Waals surface area contributed by atoms with Gasteiger partial charge in [0, 0.05) is 19.4 Å². The number of amides is 1. The highest BCUT2D eigenvalue weighted by Crippen LogP contribution is 2.22. The molecular weight excluding hydrogens is 310 g/mol. The van der Waals surface area contributed by atoms with Gasteiger partial charge in [-0.15, -0.1) is 0 Å². The number of hydrogen-bond acceptors (Lipinski definition) is 5. The summed E-state index contributed by atoms with van der Waals surface area (Å²) >= 11 is 0. The number of ether oxygens (including phenoxy) is 3. The van der Waals surface area contributed by atoms with Crippen molar-refractivity contribution in [1.82, 2.24) is 5.32 Å². The zero-order valence-corrected chi connectivity index (χ0v) is 14.5. The molecule has 1 heterocycles. The van der Waals surface area contributed by atoms with E-state index in [-0.39, 0.29) is 13.2 Å². The van der Waals surface area contributed by atoms with Crippen LogP contribution in [0.25, 0.3) is 0 Å². The summed E-state index contributed by atoms with van der Waals surface area (Å²) < 4.78 is 15.9. The molecule has 1 amide bonds. The van der Waals surface area contributed by atoms with Gasteiger partial charge in [-0.25, -0.2) is 9.59 Å². The predicted octanol–water partition coefficient (Wildman–Crippen LogP) is 2.46. The number of hydrogen-bond donors (Lipinski definition) is 1. The fourth-order valence-electron chi connectivity index (χ4n) is 2.42. The van der Waals surface area contributed by atoms with Crippen LogP contribution in [0.15, 0.2) is 30.3 Å². The quantitative estimate of drug-likeness (QED) is 0.837. The van der Waals surface area contributed by atoms with E-state index in [1.807, 2.05) is 30.3 Å². The molecule has 132 valence electrons. The molecular formula is C18H25NO5. The second-order valence-corrected chi connectivity index (χ2v) is 6.88. The molecule has 1 fully saturated rings. The lowest BCUT2D eigenvalue weighted by molar-refractivity contribution is -0.151. The molecule has 1 N–H and O–H groups in total. The summed E-state index contributed by atoms with van der Waals surface area (Å²) in [5.74, 6) is -0.484. The monoisotopic (exact) mass is 335 g/mol. The van der Waals surface area contributed by atoms with Gasteiger partial charge < -0.3 is 19.5 Å². The highest BCUT2D eigenvalue weighted by molar-refractivity contribution is 5.86. The van der Waals surface area contributed by atoms with E-state index in [1.165, 1.54) is 0 Å². The molecule has 6 nitrogen and oxygen atoms in total. The van der Waals surface area contributed by atoms with Crippen LogP contribution < -0.4 is 5.32 Å². The molecule has 1 aliphatic rings. The average molecular weight is 335 g/mol. The van der Waals surface area contributed by atoms with Gasteiger partial charge in [0.25, 0.3) is 0 Å². The highest BCUT2D eigenvalue weighted by atomic mass is 16.6. The molecule has 0 aliphatic carbocycles. The summed E-state index contributed by atoms with van der Waals surface area (Å²) in [5, 5.41) is 2.64. The van der Waals surface area contributed by atoms with Gasteiger partial charge in [0.1, 0.15) is 5.60 Å². The van der Waals surface area contributed by atoms with Gasteiger partial charge in [0.05, 0.1) is 13.2 Å². The lowest BCUT2D eigenvalue weighted by Crippen LogP contribution is -2.57. The first kappa shape index (κ1) is 18.3. The third-order valence-electron chi connectivity index (χ3n) is 3.62. The van der Waals surface area contributed by atoms with E-state index in [1.54, 1.807) is 20.8 Å². The SMILES string of the molecule is CC(C)(C)OC(=O)NC1(C(=O)OCCc2ccccc2)CCOC1. The zero-order chi connectivity index (χ0) is 17.6. The molecule has 0 bridgehead atoms. The maximum absolute atomic E-state index is 12.5. The highest BCUT2D eigenvalue weighted by Gasteiger charge is 2.46. The fraction of sp³-hybridized carbons (Fsp3) is 0.556. The van der Waals surface area contributed by atoms with Crippen LogP contribution in [0, 0.1) is 0 Å². The number of esters is 1. The number of alkyl carbamates (subject to hydrolysis) is 1. The first-order valence-electron chi connectivity index (χ1n) is 8.11. The number of carbonyl (C=O) groups is 2. The lowest BCUT2D eigenvalue weighted by atomic mass is 9.99. The van der Waals surface area contributed by atoms with Crippen molar-refractivity contribution in [2.24, 2.45) is 0 Å². The van der Waals surface area contributed by atoms with Gasteiger partial charge in [-0.05, 0) is 26.3 Å². The number of carbonyl (C=O) groups excluding carboxylic acids is 2. The van der Waals surface area contributed by atoms with E-state index in [4.69, 9.17) is 14.2 Å². The van der Waals surface area contributed by atoms with Crippen LogP contribution in [0.1, 0.15) is 32.8 Å². The smallest absolute Gasteiger partial charge is 0.408 e. The van der Waals surface area contributed by atoms with Crippen LogP contribution in [0.2, 0.25) is 0 Å². The first-order valence-corrected chi connectivity index (χ1v) is 8.11. The van der Waals surface area contributed by atoms with Crippen molar-refractivity contribution in [1.29, 1.82) is 0 Å². The van der Waals surface area contributed by atoms with Crippen LogP contribution >= 0.6 is 0 Å². The van der Waals surface area contributed by atoms with Gasteiger partial charge in [0.2, 0.25) is 0 Å². The normalized spacial score (nSPS) is 20.5. The van der Waals surface area contributed by atoms with E-state index >= 15 is 0 Å². The van der Waals surface area contributed by atoms with Crippen LogP contribution in [-0.2, 0) is 25.4 Å². The summed E-state index contributed by atoms with van der Waals surface area (Å²) in [6.45, 7) is 6.04. The Bertz CT molecular complexity index is 559. The number of nitrogens with one attached hydrogen (secondary N) is 1. The maximum atomic E-state index is 12.5. The third-order valence-corrected chi connectivity index (χ3v) is 3.62. The molecule has 6 heteroatoms. The van der Waals surface area contributed by atoms with Crippen molar-refractivity contribution in [3.63, 3.8) is 0 Å². The van der Waals surface area contributed by atoms with Crippen molar-refractivity contribution < 1.29 is 23.8 Å². The Kier molecular flexibility index (Phi) is 5.83. The molecule has 0 aromatic heterocycles. The van der Waals surface area contributed by atoms with Gasteiger partial charge in [-0.2, -0.15) is 0 Å². The van der Waals surface area contributed by atoms with Crippen molar-refractivity contribution >= 4 is 12.1 Å². The molecule has 0 spiro atoms. The summed E-state index contributed by atoms with van der Waals surface area (Å²) in [7, 11) is 0. The summed E-state index contributed by atoms with van der Waals surface area (Å²) in [6.07, 6.45) is 0.347. The zero-order valence-electron chi connectivity index (χ0n) is 14.5. The maximum Gasteiger partial charge on any atom is 0.408 e. The summed E-state index contributed by atoms with van der Waals surface area (Å²) in [5.41, 5.74) is -0.719. The van der Waals surface area contributed by atoms with Crippen molar-refractivity contribution in [2.45, 2.75) is 44.8 Å². The first-order chi connectivity index (χ1) is 11.3. The van der Waals surface area contributed by atoms with Gasteiger partial charge in [-0.1, -0.05) is 30.3 Å². The van der Waals surface area contributed by atoms with Crippen LogP contribution in [0.4, 0.5) is 4.79 Å². The Hall–Kier alpha value is -2.08. The van der Waals surface area contributed by atoms with E-state index < -0.39 is 23.2 Å². The Morgan fingerprint density at radius 1 is 1.25 bits per heavy atom. The minimum atomic E-state index is -1.17. The van der Waals surface area contributed by atoms with E-state index in [2.05, 4.69) is 5.32 Å². The number of rotatable bonds is 5. The third kappa shape index (κ3) is 5.23.